The second kappa shape index (κ2) is 10.7. The Morgan fingerprint density at radius 1 is 1.19 bits per heavy atom. The minimum absolute atomic E-state index is 0.125. The minimum Gasteiger partial charge on any atom is -0.488 e. The number of benzene rings is 2. The van der Waals surface area contributed by atoms with Crippen molar-refractivity contribution in [2.45, 2.75) is 20.1 Å². The lowest BCUT2D eigenvalue weighted by atomic mass is 10.1. The molecule has 3 rings (SSSR count). The summed E-state index contributed by atoms with van der Waals surface area (Å²) in [5.74, 6) is 0.656. The molecule has 1 N–H and O–H groups in total. The highest BCUT2D eigenvalue weighted by molar-refractivity contribution is 9.10. The molecule has 0 saturated carbocycles. The molecule has 0 atom stereocenters. The van der Waals surface area contributed by atoms with E-state index in [1.807, 2.05) is 25.1 Å². The molecule has 1 aromatic heterocycles. The van der Waals surface area contributed by atoms with Gasteiger partial charge in [0.15, 0.2) is 5.82 Å². The van der Waals surface area contributed by atoms with E-state index in [0.717, 1.165) is 16.8 Å². The normalized spacial score (nSPS) is 10.8. The van der Waals surface area contributed by atoms with Gasteiger partial charge in [-0.1, -0.05) is 18.2 Å². The largest absolute Gasteiger partial charge is 0.488 e. The Kier molecular flexibility index (Phi) is 7.70. The van der Waals surface area contributed by atoms with Gasteiger partial charge in [-0.25, -0.2) is 9.37 Å². The van der Waals surface area contributed by atoms with Gasteiger partial charge in [0.1, 0.15) is 29.8 Å². The summed E-state index contributed by atoms with van der Waals surface area (Å²) < 4.78 is 25.3. The van der Waals surface area contributed by atoms with Crippen LogP contribution in [0.4, 0.5) is 10.2 Å². The quantitative estimate of drug-likeness (QED) is 0.346. The molecule has 1 heterocycles. The third kappa shape index (κ3) is 5.87. The summed E-state index contributed by atoms with van der Waals surface area (Å²) in [7, 11) is 1.57. The van der Waals surface area contributed by atoms with Crippen LogP contribution in [-0.2, 0) is 18.0 Å². The van der Waals surface area contributed by atoms with Gasteiger partial charge in [0.25, 0.3) is 0 Å². The van der Waals surface area contributed by atoms with Gasteiger partial charge in [0.2, 0.25) is 0 Å². The molecule has 0 fully saturated rings. The van der Waals surface area contributed by atoms with Gasteiger partial charge in [0.05, 0.1) is 17.3 Å². The van der Waals surface area contributed by atoms with Crippen LogP contribution in [0.3, 0.4) is 0 Å². The maximum absolute atomic E-state index is 13.7. The van der Waals surface area contributed by atoms with Crippen LogP contribution in [-0.4, -0.2) is 18.3 Å². The summed E-state index contributed by atoms with van der Waals surface area (Å²) in [4.78, 5) is 4.35. The van der Waals surface area contributed by atoms with E-state index in [1.165, 1.54) is 6.07 Å². The smallest absolute Gasteiger partial charge is 0.164 e. The van der Waals surface area contributed by atoms with E-state index in [9.17, 15) is 9.65 Å². The topological polar surface area (TPSA) is 79.5 Å². The van der Waals surface area contributed by atoms with E-state index in [4.69, 9.17) is 9.47 Å². The highest BCUT2D eigenvalue weighted by atomic mass is 79.9. The number of nitrogens with zero attached hydrogens (tertiary/aromatic N) is 3. The number of nitrogens with one attached hydrogen (secondary N) is 1. The van der Waals surface area contributed by atoms with E-state index in [2.05, 4.69) is 37.5 Å². The molecule has 0 unspecified atom stereocenters. The Balaban J connectivity index is 1.69. The highest BCUT2D eigenvalue weighted by Gasteiger charge is 2.11. The first-order valence-corrected chi connectivity index (χ1v) is 10.2. The summed E-state index contributed by atoms with van der Waals surface area (Å²) in [6.07, 6.45) is 1.60. The fraction of sp³-hybridized carbons (Fsp3) is 0.174. The number of pyridine rings is 1. The lowest BCUT2D eigenvalue weighted by Gasteiger charge is -2.10. The number of aryl methyl sites for hydroxylation is 1. The Labute approximate surface area is 188 Å². The Morgan fingerprint density at radius 2 is 2.00 bits per heavy atom. The van der Waals surface area contributed by atoms with Crippen molar-refractivity contribution in [1.29, 1.82) is 5.26 Å². The van der Waals surface area contributed by atoms with Crippen molar-refractivity contribution in [2.24, 2.45) is 5.10 Å². The number of rotatable bonds is 8. The van der Waals surface area contributed by atoms with Gasteiger partial charge in [-0.05, 0) is 58.7 Å². The highest BCUT2D eigenvalue weighted by Crippen LogP contribution is 2.27. The number of aromatic nitrogens is 1. The minimum atomic E-state index is -0.302. The Hall–Kier alpha value is -3.28. The zero-order chi connectivity index (χ0) is 22.2. The number of anilines is 1. The third-order valence-corrected chi connectivity index (χ3v) is 4.94. The standard InChI is InChI=1S/C23H20BrFN4O2/c1-15-9-18(13-30-2)19(11-26)23(28-15)29-27-12-16-7-8-22(20(24)10-16)31-14-17-5-3-4-6-21(17)25/h3-10,12H,13-14H2,1-2H3,(H,28,29)/b27-12+. The van der Waals surface area contributed by atoms with Gasteiger partial charge in [-0.3, -0.25) is 5.43 Å². The summed E-state index contributed by atoms with van der Waals surface area (Å²) in [5.41, 5.74) is 5.99. The number of halogens is 2. The van der Waals surface area contributed by atoms with E-state index in [0.29, 0.717) is 33.8 Å². The Bertz CT molecular complexity index is 1140. The van der Waals surface area contributed by atoms with Crippen molar-refractivity contribution in [3.63, 3.8) is 0 Å². The molecule has 0 bridgehead atoms. The average molecular weight is 483 g/mol. The monoisotopic (exact) mass is 482 g/mol. The molecule has 31 heavy (non-hydrogen) atoms. The summed E-state index contributed by atoms with van der Waals surface area (Å²) >= 11 is 3.47. The fourth-order valence-corrected chi connectivity index (χ4v) is 3.38. The van der Waals surface area contributed by atoms with Crippen molar-refractivity contribution in [3.8, 4) is 11.8 Å². The van der Waals surface area contributed by atoms with Crippen LogP contribution >= 0.6 is 15.9 Å². The van der Waals surface area contributed by atoms with E-state index >= 15 is 0 Å². The van der Waals surface area contributed by atoms with Gasteiger partial charge in [0, 0.05) is 23.9 Å². The first kappa shape index (κ1) is 22.4. The molecule has 0 amide bonds. The first-order chi connectivity index (χ1) is 15.0. The van der Waals surface area contributed by atoms with Crippen LogP contribution in [0.25, 0.3) is 0 Å². The molecule has 0 aliphatic rings. The number of nitriles is 1. The molecular formula is C23H20BrFN4O2. The van der Waals surface area contributed by atoms with Crippen molar-refractivity contribution in [3.05, 3.63) is 86.8 Å². The number of ether oxygens (including phenoxy) is 2. The number of hydrogen-bond donors (Lipinski definition) is 1. The molecule has 0 saturated heterocycles. The van der Waals surface area contributed by atoms with Crippen LogP contribution in [0.1, 0.15) is 27.9 Å². The molecule has 0 spiro atoms. The zero-order valence-electron chi connectivity index (χ0n) is 17.0. The summed E-state index contributed by atoms with van der Waals surface area (Å²) in [5, 5.41) is 13.7. The van der Waals surface area contributed by atoms with E-state index < -0.39 is 0 Å². The lowest BCUT2D eigenvalue weighted by Crippen LogP contribution is -2.03. The second-order valence-corrected chi connectivity index (χ2v) is 7.49. The van der Waals surface area contributed by atoms with Crippen LogP contribution in [0.2, 0.25) is 0 Å². The predicted molar refractivity (Wildman–Crippen MR) is 120 cm³/mol. The molecule has 0 radical (unpaired) electrons. The summed E-state index contributed by atoms with van der Waals surface area (Å²) in [6.45, 7) is 2.28. The van der Waals surface area contributed by atoms with E-state index in [-0.39, 0.29) is 12.4 Å². The molecule has 2 aromatic carbocycles. The predicted octanol–water partition coefficient (Wildman–Crippen LogP) is 5.33. The van der Waals surface area contributed by atoms with Crippen molar-refractivity contribution < 1.29 is 13.9 Å². The first-order valence-electron chi connectivity index (χ1n) is 9.36. The number of hydrogen-bond acceptors (Lipinski definition) is 6. The average Bonchev–Trinajstić information content (AvgIpc) is 2.74. The molecule has 0 aliphatic heterocycles. The maximum Gasteiger partial charge on any atom is 0.164 e. The van der Waals surface area contributed by atoms with Crippen molar-refractivity contribution in [1.82, 2.24) is 4.98 Å². The number of hydrazone groups is 1. The zero-order valence-corrected chi connectivity index (χ0v) is 18.6. The van der Waals surface area contributed by atoms with Gasteiger partial charge in [-0.15, -0.1) is 0 Å². The maximum atomic E-state index is 13.7. The summed E-state index contributed by atoms with van der Waals surface area (Å²) in [6, 6.07) is 15.9. The van der Waals surface area contributed by atoms with Crippen LogP contribution in [0.15, 0.2) is 58.1 Å². The fourth-order valence-electron chi connectivity index (χ4n) is 2.87. The van der Waals surface area contributed by atoms with Gasteiger partial charge in [-0.2, -0.15) is 10.4 Å². The molecule has 6 nitrogen and oxygen atoms in total. The second-order valence-electron chi connectivity index (χ2n) is 6.63. The van der Waals surface area contributed by atoms with Crippen molar-refractivity contribution >= 4 is 28.0 Å². The molecule has 3 aromatic rings. The lowest BCUT2D eigenvalue weighted by molar-refractivity contribution is 0.184. The van der Waals surface area contributed by atoms with Crippen LogP contribution < -0.4 is 10.2 Å². The van der Waals surface area contributed by atoms with Crippen LogP contribution in [0, 0.1) is 24.1 Å². The third-order valence-electron chi connectivity index (χ3n) is 4.32. The van der Waals surface area contributed by atoms with Gasteiger partial charge < -0.3 is 9.47 Å². The van der Waals surface area contributed by atoms with Crippen LogP contribution in [0.5, 0.6) is 5.75 Å². The molecule has 0 aliphatic carbocycles. The van der Waals surface area contributed by atoms with Crippen molar-refractivity contribution in [2.75, 3.05) is 12.5 Å². The SMILES string of the molecule is COCc1cc(C)nc(N/N=C/c2ccc(OCc3ccccc3F)c(Br)c2)c1C#N. The molecular weight excluding hydrogens is 463 g/mol. The van der Waals surface area contributed by atoms with Gasteiger partial charge >= 0.3 is 0 Å². The molecule has 158 valence electrons. The Morgan fingerprint density at radius 3 is 2.71 bits per heavy atom. The number of methoxy groups -OCH3 is 1. The van der Waals surface area contributed by atoms with E-state index in [1.54, 1.807) is 37.6 Å². The molecule has 8 heteroatoms.